The van der Waals surface area contributed by atoms with Crippen molar-refractivity contribution in [3.05, 3.63) is 41.4 Å². The van der Waals surface area contributed by atoms with Crippen LogP contribution in [0.3, 0.4) is 0 Å². The van der Waals surface area contributed by atoms with Gasteiger partial charge in [-0.1, -0.05) is 18.5 Å². The second-order valence-electron chi connectivity index (χ2n) is 7.22. The summed E-state index contributed by atoms with van der Waals surface area (Å²) in [6.45, 7) is 5.21. The minimum Gasteiger partial charge on any atom is -0.497 e. The number of hydrogen-bond donors (Lipinski definition) is 2. The Hall–Kier alpha value is -1.70. The molecule has 0 fully saturated rings. The van der Waals surface area contributed by atoms with Gasteiger partial charge in [-0.3, -0.25) is 9.69 Å². The summed E-state index contributed by atoms with van der Waals surface area (Å²) in [5, 5.41) is 9.14. The maximum absolute atomic E-state index is 12.1. The number of halogens is 4. The summed E-state index contributed by atoms with van der Waals surface area (Å²) in [5.41, 5.74) is 2.69. The molecule has 0 aliphatic carbocycles. The van der Waals surface area contributed by atoms with Gasteiger partial charge in [-0.05, 0) is 49.4 Å². The molecule has 3 aromatic rings. The number of carbonyl (C=O) groups is 1. The average molecular weight is 536 g/mol. The third kappa shape index (κ3) is 7.94. The molecule has 0 atom stereocenters. The van der Waals surface area contributed by atoms with E-state index in [1.54, 1.807) is 7.11 Å². The number of rotatable bonds is 11. The highest BCUT2D eigenvalue weighted by Crippen LogP contribution is 2.34. The number of nitrogens with zero attached hydrogens (tertiary/aromatic N) is 2. The summed E-state index contributed by atoms with van der Waals surface area (Å²) in [6, 6.07) is 11.5. The van der Waals surface area contributed by atoms with E-state index in [4.69, 9.17) is 32.9 Å². The van der Waals surface area contributed by atoms with E-state index in [2.05, 4.69) is 10.6 Å². The van der Waals surface area contributed by atoms with Crippen LogP contribution < -0.4 is 15.4 Å². The van der Waals surface area contributed by atoms with Gasteiger partial charge in [0.2, 0.25) is 5.91 Å². The molecule has 0 spiro atoms. The number of fused-ring (bicyclic) bond motifs is 2. The summed E-state index contributed by atoms with van der Waals surface area (Å²) in [7, 11) is 1.65. The van der Waals surface area contributed by atoms with Gasteiger partial charge in [-0.15, -0.1) is 36.4 Å². The molecule has 6 nitrogen and oxygen atoms in total. The third-order valence-electron chi connectivity index (χ3n) is 5.14. The molecule has 0 bridgehead atoms. The highest BCUT2D eigenvalue weighted by molar-refractivity contribution is 6.31. The first kappa shape index (κ1) is 29.3. The van der Waals surface area contributed by atoms with Crippen molar-refractivity contribution in [3.8, 4) is 5.75 Å². The van der Waals surface area contributed by atoms with Crippen molar-refractivity contribution in [1.29, 1.82) is 0 Å². The topological polar surface area (TPSA) is 66.5 Å². The van der Waals surface area contributed by atoms with Gasteiger partial charge in [0.05, 0.1) is 30.4 Å². The van der Waals surface area contributed by atoms with Crippen LogP contribution in [-0.4, -0.2) is 61.5 Å². The molecule has 0 aliphatic heterocycles. The van der Waals surface area contributed by atoms with Crippen LogP contribution in [0, 0.1) is 0 Å². The summed E-state index contributed by atoms with van der Waals surface area (Å²) in [5.74, 6) is 1.32. The normalized spacial score (nSPS) is 10.6. The van der Waals surface area contributed by atoms with Crippen molar-refractivity contribution < 1.29 is 9.53 Å². The van der Waals surface area contributed by atoms with E-state index in [1.165, 1.54) is 0 Å². The lowest BCUT2D eigenvalue weighted by atomic mass is 10.1. The van der Waals surface area contributed by atoms with E-state index in [1.807, 2.05) is 48.2 Å². The van der Waals surface area contributed by atoms with Crippen molar-refractivity contribution in [2.24, 2.45) is 0 Å². The van der Waals surface area contributed by atoms with Crippen LogP contribution in [0.15, 0.2) is 36.4 Å². The third-order valence-corrected chi connectivity index (χ3v) is 5.54. The molecule has 0 saturated heterocycles. The number of ether oxygens (including phenoxy) is 1. The van der Waals surface area contributed by atoms with Gasteiger partial charge in [0.1, 0.15) is 5.75 Å². The van der Waals surface area contributed by atoms with Crippen molar-refractivity contribution >= 4 is 81.4 Å². The Labute approximate surface area is 217 Å². The predicted octanol–water partition coefficient (Wildman–Crippen LogP) is 5.37. The van der Waals surface area contributed by atoms with Crippen LogP contribution in [0.2, 0.25) is 5.02 Å². The fraction of sp³-hybridized carbons (Fsp3) is 0.391. The van der Waals surface area contributed by atoms with Crippen LogP contribution in [0.25, 0.3) is 21.8 Å². The molecule has 10 heteroatoms. The van der Waals surface area contributed by atoms with Crippen molar-refractivity contribution in [2.45, 2.75) is 13.3 Å². The molecule has 3 rings (SSSR count). The molecule has 1 amide bonds. The number of aromatic nitrogens is 1. The molecular weight excluding hydrogens is 506 g/mol. The predicted molar refractivity (Wildman–Crippen MR) is 144 cm³/mol. The van der Waals surface area contributed by atoms with Gasteiger partial charge in [0, 0.05) is 41.3 Å². The first-order valence-corrected chi connectivity index (χ1v) is 11.3. The van der Waals surface area contributed by atoms with E-state index in [-0.39, 0.29) is 30.7 Å². The fourth-order valence-electron chi connectivity index (χ4n) is 3.47. The number of alkyl halides is 1. The van der Waals surface area contributed by atoms with E-state index in [9.17, 15) is 4.79 Å². The summed E-state index contributed by atoms with van der Waals surface area (Å²) >= 11 is 12.0. The summed E-state index contributed by atoms with van der Waals surface area (Å²) in [4.78, 5) is 18.9. The molecule has 2 aromatic carbocycles. The number of amides is 1. The Balaban J connectivity index is 0.00000272. The Morgan fingerprint density at radius 3 is 2.58 bits per heavy atom. The maximum atomic E-state index is 12.1. The first-order chi connectivity index (χ1) is 15.0. The molecular formula is C23H30Cl4N4O2. The van der Waals surface area contributed by atoms with E-state index < -0.39 is 0 Å². The second-order valence-corrected chi connectivity index (χ2v) is 8.03. The zero-order valence-electron chi connectivity index (χ0n) is 18.7. The SMILES string of the molecule is CCN(CCCl)CC(=O)NCCCNc1c2ccc(Cl)cc2nc2ccc(OC)cc12.Cl.Cl. The lowest BCUT2D eigenvalue weighted by molar-refractivity contribution is -0.122. The standard InChI is InChI=1S/C23H28Cl2N4O2.2ClH/c1-3-29(12-9-24)15-22(30)26-10-4-11-27-23-18-7-5-16(25)13-21(18)28-20-8-6-17(31-2)14-19(20)23;;/h5-8,13-14H,3-4,9-12,15H2,1-2H3,(H,26,30)(H,27,28);2*1H. The Kier molecular flexibility index (Phi) is 12.9. The van der Waals surface area contributed by atoms with E-state index in [0.717, 1.165) is 46.2 Å². The smallest absolute Gasteiger partial charge is 0.234 e. The average Bonchev–Trinajstić information content (AvgIpc) is 2.77. The van der Waals surface area contributed by atoms with Gasteiger partial charge in [0.25, 0.3) is 0 Å². The minimum absolute atomic E-state index is 0. The molecule has 182 valence electrons. The van der Waals surface area contributed by atoms with Gasteiger partial charge < -0.3 is 15.4 Å². The second kappa shape index (κ2) is 14.5. The first-order valence-electron chi connectivity index (χ1n) is 10.4. The zero-order chi connectivity index (χ0) is 22.2. The van der Waals surface area contributed by atoms with E-state index >= 15 is 0 Å². The Morgan fingerprint density at radius 2 is 1.88 bits per heavy atom. The number of nitrogens with one attached hydrogen (secondary N) is 2. The number of hydrogen-bond acceptors (Lipinski definition) is 5. The number of anilines is 1. The van der Waals surface area contributed by atoms with Crippen molar-refractivity contribution in [1.82, 2.24) is 15.2 Å². The number of methoxy groups -OCH3 is 1. The molecule has 2 N–H and O–H groups in total. The van der Waals surface area contributed by atoms with Gasteiger partial charge in [0.15, 0.2) is 0 Å². The fourth-order valence-corrected chi connectivity index (χ4v) is 3.88. The summed E-state index contributed by atoms with van der Waals surface area (Å²) in [6.07, 6.45) is 0.788. The zero-order valence-corrected chi connectivity index (χ0v) is 21.8. The van der Waals surface area contributed by atoms with Gasteiger partial charge in [-0.25, -0.2) is 4.98 Å². The van der Waals surface area contributed by atoms with Crippen LogP contribution in [0.5, 0.6) is 5.75 Å². The molecule has 0 aliphatic rings. The molecule has 0 radical (unpaired) electrons. The largest absolute Gasteiger partial charge is 0.497 e. The highest BCUT2D eigenvalue weighted by Gasteiger charge is 2.11. The number of benzene rings is 2. The summed E-state index contributed by atoms with van der Waals surface area (Å²) < 4.78 is 5.40. The maximum Gasteiger partial charge on any atom is 0.234 e. The number of likely N-dealkylation sites (N-methyl/N-ethyl adjacent to an activating group) is 1. The lowest BCUT2D eigenvalue weighted by Gasteiger charge is -2.18. The molecule has 0 unspecified atom stereocenters. The Morgan fingerprint density at radius 1 is 1.09 bits per heavy atom. The Bertz CT molecular complexity index is 1050. The van der Waals surface area contributed by atoms with Crippen LogP contribution >= 0.6 is 48.0 Å². The molecule has 0 saturated carbocycles. The van der Waals surface area contributed by atoms with Crippen molar-refractivity contribution in [3.63, 3.8) is 0 Å². The quantitative estimate of drug-likeness (QED) is 0.196. The highest BCUT2D eigenvalue weighted by atomic mass is 35.5. The van der Waals surface area contributed by atoms with Crippen LogP contribution in [0.4, 0.5) is 5.69 Å². The number of pyridine rings is 1. The van der Waals surface area contributed by atoms with Crippen LogP contribution in [0.1, 0.15) is 13.3 Å². The van der Waals surface area contributed by atoms with Gasteiger partial charge in [-0.2, -0.15) is 0 Å². The molecule has 1 heterocycles. The lowest BCUT2D eigenvalue weighted by Crippen LogP contribution is -2.38. The monoisotopic (exact) mass is 534 g/mol. The molecule has 33 heavy (non-hydrogen) atoms. The van der Waals surface area contributed by atoms with E-state index in [0.29, 0.717) is 37.1 Å². The van der Waals surface area contributed by atoms with Crippen molar-refractivity contribution in [2.75, 3.05) is 51.0 Å². The molecule has 1 aromatic heterocycles. The minimum atomic E-state index is 0. The van der Waals surface area contributed by atoms with Crippen LogP contribution in [-0.2, 0) is 4.79 Å². The van der Waals surface area contributed by atoms with Gasteiger partial charge >= 0.3 is 0 Å². The number of carbonyl (C=O) groups excluding carboxylic acids is 1.